The van der Waals surface area contributed by atoms with Crippen molar-refractivity contribution in [3.63, 3.8) is 0 Å². The Labute approximate surface area is 94.8 Å². The Balaban J connectivity index is 2.35. The number of ether oxygens (including phenoxy) is 1. The molecule has 0 amide bonds. The van der Waals surface area contributed by atoms with Gasteiger partial charge < -0.3 is 10.1 Å². The van der Waals surface area contributed by atoms with E-state index in [1.807, 2.05) is 0 Å². The fraction of sp³-hybridized carbons (Fsp3) is 1.00. The molecule has 1 unspecified atom stereocenters. The van der Waals surface area contributed by atoms with Gasteiger partial charge in [0.25, 0.3) is 0 Å². The van der Waals surface area contributed by atoms with Crippen LogP contribution in [0.15, 0.2) is 0 Å². The smallest absolute Gasteiger partial charge is 0.0618 e. The Morgan fingerprint density at radius 2 is 1.67 bits per heavy atom. The van der Waals surface area contributed by atoms with Crippen LogP contribution in [0.25, 0.3) is 0 Å². The predicted octanol–water partition coefficient (Wildman–Crippen LogP) is 2.68. The summed E-state index contributed by atoms with van der Waals surface area (Å²) >= 11 is 0. The molecule has 0 spiro atoms. The zero-order chi connectivity index (χ0) is 11.3. The predicted molar refractivity (Wildman–Crippen MR) is 65.0 cm³/mol. The summed E-state index contributed by atoms with van der Waals surface area (Å²) < 4.78 is 5.26. The minimum absolute atomic E-state index is 0.558. The summed E-state index contributed by atoms with van der Waals surface area (Å²) in [5.74, 6) is 2.65. The van der Waals surface area contributed by atoms with Crippen molar-refractivity contribution >= 4 is 0 Å². The van der Waals surface area contributed by atoms with Crippen LogP contribution in [0.1, 0.15) is 39.5 Å². The van der Waals surface area contributed by atoms with E-state index in [4.69, 9.17) is 4.74 Å². The zero-order valence-corrected chi connectivity index (χ0v) is 10.8. The Morgan fingerprint density at radius 3 is 2.07 bits per heavy atom. The standard InChI is InChI=1S/C13H27NO/c1-10(2)11-5-7-12(8-6-11)13(14-3)9-15-4/h10-14H,5-9H2,1-4H3. The highest BCUT2D eigenvalue weighted by Gasteiger charge is 2.27. The molecule has 2 heteroatoms. The second-order valence-corrected chi connectivity index (χ2v) is 5.27. The normalized spacial score (nSPS) is 29.4. The van der Waals surface area contributed by atoms with E-state index in [9.17, 15) is 0 Å². The first-order valence-corrected chi connectivity index (χ1v) is 6.35. The minimum Gasteiger partial charge on any atom is -0.383 e. The third-order valence-electron chi connectivity index (χ3n) is 4.05. The molecular weight excluding hydrogens is 186 g/mol. The van der Waals surface area contributed by atoms with E-state index < -0.39 is 0 Å². The lowest BCUT2D eigenvalue weighted by Gasteiger charge is -2.35. The van der Waals surface area contributed by atoms with Crippen LogP contribution >= 0.6 is 0 Å². The van der Waals surface area contributed by atoms with Gasteiger partial charge in [0.05, 0.1) is 6.61 Å². The van der Waals surface area contributed by atoms with Crippen molar-refractivity contribution in [2.45, 2.75) is 45.6 Å². The largest absolute Gasteiger partial charge is 0.383 e. The summed E-state index contributed by atoms with van der Waals surface area (Å²) in [5.41, 5.74) is 0. The molecule has 0 heterocycles. The summed E-state index contributed by atoms with van der Waals surface area (Å²) in [7, 11) is 3.85. The fourth-order valence-electron chi connectivity index (χ4n) is 2.85. The molecule has 0 aliphatic heterocycles. The first-order valence-electron chi connectivity index (χ1n) is 6.35. The monoisotopic (exact) mass is 213 g/mol. The Morgan fingerprint density at radius 1 is 1.13 bits per heavy atom. The van der Waals surface area contributed by atoms with Crippen LogP contribution in [0.2, 0.25) is 0 Å². The summed E-state index contributed by atoms with van der Waals surface area (Å²) in [6, 6.07) is 0.558. The lowest BCUT2D eigenvalue weighted by molar-refractivity contribution is 0.113. The first kappa shape index (κ1) is 13.0. The molecular formula is C13H27NO. The average Bonchev–Trinajstić information content (AvgIpc) is 2.26. The van der Waals surface area contributed by atoms with Crippen LogP contribution in [-0.2, 0) is 4.74 Å². The highest BCUT2D eigenvalue weighted by atomic mass is 16.5. The van der Waals surface area contributed by atoms with Gasteiger partial charge in [-0.25, -0.2) is 0 Å². The molecule has 1 N–H and O–H groups in total. The van der Waals surface area contributed by atoms with Crippen LogP contribution < -0.4 is 5.32 Å². The molecule has 1 aliphatic carbocycles. The molecule has 1 atom stereocenters. The third kappa shape index (κ3) is 3.76. The number of likely N-dealkylation sites (N-methyl/N-ethyl adjacent to an activating group) is 1. The van der Waals surface area contributed by atoms with Crippen LogP contribution in [0.5, 0.6) is 0 Å². The number of nitrogens with one attached hydrogen (secondary N) is 1. The number of hydrogen-bond donors (Lipinski definition) is 1. The average molecular weight is 213 g/mol. The van der Waals surface area contributed by atoms with Gasteiger partial charge in [-0.15, -0.1) is 0 Å². The van der Waals surface area contributed by atoms with Crippen molar-refractivity contribution < 1.29 is 4.74 Å². The molecule has 1 saturated carbocycles. The van der Waals surface area contributed by atoms with E-state index in [0.717, 1.165) is 24.4 Å². The molecule has 0 radical (unpaired) electrons. The first-order chi connectivity index (χ1) is 7.19. The quantitative estimate of drug-likeness (QED) is 0.758. The van der Waals surface area contributed by atoms with E-state index in [-0.39, 0.29) is 0 Å². The summed E-state index contributed by atoms with van der Waals surface area (Å²) in [5, 5.41) is 3.39. The molecule has 0 saturated heterocycles. The fourth-order valence-corrected chi connectivity index (χ4v) is 2.85. The molecule has 1 aliphatic rings. The van der Waals surface area contributed by atoms with Gasteiger partial charge in [-0.3, -0.25) is 0 Å². The van der Waals surface area contributed by atoms with Crippen molar-refractivity contribution in [2.24, 2.45) is 17.8 Å². The van der Waals surface area contributed by atoms with Crippen LogP contribution in [0.4, 0.5) is 0 Å². The van der Waals surface area contributed by atoms with Crippen molar-refractivity contribution in [3.05, 3.63) is 0 Å². The van der Waals surface area contributed by atoms with Gasteiger partial charge in [-0.1, -0.05) is 13.8 Å². The zero-order valence-electron chi connectivity index (χ0n) is 10.8. The maximum absolute atomic E-state index is 5.26. The van der Waals surface area contributed by atoms with Gasteiger partial charge in [0.15, 0.2) is 0 Å². The molecule has 15 heavy (non-hydrogen) atoms. The number of rotatable bonds is 5. The Bertz CT molecular complexity index is 162. The number of hydrogen-bond acceptors (Lipinski definition) is 2. The molecule has 2 nitrogen and oxygen atoms in total. The van der Waals surface area contributed by atoms with Gasteiger partial charge >= 0.3 is 0 Å². The SMILES string of the molecule is CNC(COC)C1CCC(C(C)C)CC1. The molecule has 0 aromatic carbocycles. The summed E-state index contributed by atoms with van der Waals surface area (Å²) in [4.78, 5) is 0. The lowest BCUT2D eigenvalue weighted by atomic mass is 9.74. The van der Waals surface area contributed by atoms with Crippen LogP contribution in [0, 0.1) is 17.8 Å². The van der Waals surface area contributed by atoms with Crippen molar-refractivity contribution in [1.82, 2.24) is 5.32 Å². The van der Waals surface area contributed by atoms with Crippen molar-refractivity contribution in [2.75, 3.05) is 20.8 Å². The molecule has 0 aromatic rings. The second kappa shape index (κ2) is 6.49. The van der Waals surface area contributed by atoms with Crippen LogP contribution in [-0.4, -0.2) is 26.8 Å². The van der Waals surface area contributed by atoms with E-state index >= 15 is 0 Å². The van der Waals surface area contributed by atoms with Gasteiger partial charge in [0, 0.05) is 13.2 Å². The van der Waals surface area contributed by atoms with E-state index in [1.54, 1.807) is 7.11 Å². The maximum atomic E-state index is 5.26. The topological polar surface area (TPSA) is 21.3 Å². The lowest BCUT2D eigenvalue weighted by Crippen LogP contribution is -2.39. The van der Waals surface area contributed by atoms with Gasteiger partial charge in [0.2, 0.25) is 0 Å². The van der Waals surface area contributed by atoms with Gasteiger partial charge in [-0.05, 0) is 50.5 Å². The van der Waals surface area contributed by atoms with Crippen molar-refractivity contribution in [3.8, 4) is 0 Å². The van der Waals surface area contributed by atoms with Gasteiger partial charge in [-0.2, -0.15) is 0 Å². The van der Waals surface area contributed by atoms with Gasteiger partial charge in [0.1, 0.15) is 0 Å². The highest BCUT2D eigenvalue weighted by Crippen LogP contribution is 2.34. The minimum atomic E-state index is 0.558. The summed E-state index contributed by atoms with van der Waals surface area (Å²) in [6.07, 6.45) is 5.56. The molecule has 90 valence electrons. The maximum Gasteiger partial charge on any atom is 0.0618 e. The molecule has 1 fully saturated rings. The third-order valence-corrected chi connectivity index (χ3v) is 4.05. The number of methoxy groups -OCH3 is 1. The second-order valence-electron chi connectivity index (χ2n) is 5.27. The van der Waals surface area contributed by atoms with E-state index in [0.29, 0.717) is 6.04 Å². The highest BCUT2D eigenvalue weighted by molar-refractivity contribution is 4.81. The van der Waals surface area contributed by atoms with Crippen molar-refractivity contribution in [1.29, 1.82) is 0 Å². The Hall–Kier alpha value is -0.0800. The molecule has 1 rings (SSSR count). The van der Waals surface area contributed by atoms with Crippen LogP contribution in [0.3, 0.4) is 0 Å². The Kier molecular flexibility index (Phi) is 5.62. The molecule has 0 aromatic heterocycles. The van der Waals surface area contributed by atoms with E-state index in [1.165, 1.54) is 25.7 Å². The summed E-state index contributed by atoms with van der Waals surface area (Å²) in [6.45, 7) is 5.57. The van der Waals surface area contributed by atoms with E-state index in [2.05, 4.69) is 26.2 Å². The molecule has 0 bridgehead atoms.